The second kappa shape index (κ2) is 13.6. The lowest BCUT2D eigenvalue weighted by molar-refractivity contribution is -0.138. The molecule has 0 saturated carbocycles. The monoisotopic (exact) mass is 569 g/mol. The standard InChI is InChI=1S/C30H36ClN3O4S/c1-22(2)20-32-30(36)24(4)33(18-17-25-9-6-5-7-10-25)29(35)21-34(27-12-8-11-26(31)19-27)39(37,38)28-15-13-23(3)14-16-28/h5-16,19,22,24H,17-18,20-21H2,1-4H3,(H,32,36)/t24-/m1/s1. The summed E-state index contributed by atoms with van der Waals surface area (Å²) >= 11 is 6.20. The Morgan fingerprint density at radius 3 is 2.21 bits per heavy atom. The zero-order valence-corrected chi connectivity index (χ0v) is 24.4. The SMILES string of the molecule is Cc1ccc(S(=O)(=O)N(CC(=O)N(CCc2ccccc2)[C@H](C)C(=O)NCC(C)C)c2cccc(Cl)c2)cc1. The van der Waals surface area contributed by atoms with Gasteiger partial charge in [-0.1, -0.05) is 79.5 Å². The first-order valence-electron chi connectivity index (χ1n) is 12.9. The van der Waals surface area contributed by atoms with Crippen molar-refractivity contribution in [1.82, 2.24) is 10.2 Å². The van der Waals surface area contributed by atoms with E-state index in [1.54, 1.807) is 37.3 Å². The van der Waals surface area contributed by atoms with Crippen molar-refractivity contribution in [3.63, 3.8) is 0 Å². The van der Waals surface area contributed by atoms with E-state index in [4.69, 9.17) is 11.6 Å². The molecule has 7 nitrogen and oxygen atoms in total. The quantitative estimate of drug-likeness (QED) is 0.330. The molecule has 0 spiro atoms. The predicted octanol–water partition coefficient (Wildman–Crippen LogP) is 5.08. The van der Waals surface area contributed by atoms with Crippen LogP contribution < -0.4 is 9.62 Å². The molecule has 0 unspecified atom stereocenters. The van der Waals surface area contributed by atoms with Gasteiger partial charge in [-0.2, -0.15) is 0 Å². The van der Waals surface area contributed by atoms with Crippen LogP contribution in [0.15, 0.2) is 83.8 Å². The van der Waals surface area contributed by atoms with Crippen molar-refractivity contribution in [3.05, 3.63) is 95.0 Å². The van der Waals surface area contributed by atoms with Crippen LogP contribution in [0.2, 0.25) is 5.02 Å². The number of sulfonamides is 1. The molecular formula is C30H36ClN3O4S. The molecule has 3 aromatic carbocycles. The Labute approximate surface area is 236 Å². The highest BCUT2D eigenvalue weighted by molar-refractivity contribution is 7.92. The van der Waals surface area contributed by atoms with Gasteiger partial charge in [-0.05, 0) is 62.1 Å². The number of nitrogens with one attached hydrogen (secondary N) is 1. The highest BCUT2D eigenvalue weighted by Crippen LogP contribution is 2.27. The van der Waals surface area contributed by atoms with E-state index >= 15 is 0 Å². The maximum Gasteiger partial charge on any atom is 0.264 e. The van der Waals surface area contributed by atoms with Crippen LogP contribution >= 0.6 is 11.6 Å². The number of carbonyl (C=O) groups is 2. The van der Waals surface area contributed by atoms with Crippen LogP contribution in [0.5, 0.6) is 0 Å². The minimum atomic E-state index is -4.12. The fourth-order valence-corrected chi connectivity index (χ4v) is 5.61. The molecule has 0 aromatic heterocycles. The molecule has 2 amide bonds. The van der Waals surface area contributed by atoms with Gasteiger partial charge in [-0.15, -0.1) is 0 Å². The Hall–Kier alpha value is -3.36. The molecule has 0 radical (unpaired) electrons. The van der Waals surface area contributed by atoms with E-state index in [1.807, 2.05) is 51.1 Å². The predicted molar refractivity (Wildman–Crippen MR) is 156 cm³/mol. The molecular weight excluding hydrogens is 534 g/mol. The van der Waals surface area contributed by atoms with Crippen LogP contribution in [-0.4, -0.2) is 50.8 Å². The summed E-state index contributed by atoms with van der Waals surface area (Å²) in [6, 6.07) is 21.6. The number of amides is 2. The summed E-state index contributed by atoms with van der Waals surface area (Å²) in [7, 11) is -4.12. The number of halogens is 1. The molecule has 0 aliphatic carbocycles. The van der Waals surface area contributed by atoms with Gasteiger partial charge in [0.05, 0.1) is 10.6 Å². The van der Waals surface area contributed by atoms with Crippen molar-refractivity contribution in [3.8, 4) is 0 Å². The smallest absolute Gasteiger partial charge is 0.264 e. The molecule has 9 heteroatoms. The number of hydrogen-bond acceptors (Lipinski definition) is 4. The number of rotatable bonds is 12. The lowest BCUT2D eigenvalue weighted by atomic mass is 10.1. The van der Waals surface area contributed by atoms with Gasteiger partial charge in [0.15, 0.2) is 0 Å². The third kappa shape index (κ3) is 8.31. The van der Waals surface area contributed by atoms with Crippen LogP contribution in [0.3, 0.4) is 0 Å². The summed E-state index contributed by atoms with van der Waals surface area (Å²) in [5, 5.41) is 3.23. The number of carbonyl (C=O) groups excluding carboxylic acids is 2. The highest BCUT2D eigenvalue weighted by atomic mass is 35.5. The lowest BCUT2D eigenvalue weighted by Gasteiger charge is -2.32. The van der Waals surface area contributed by atoms with Gasteiger partial charge in [-0.3, -0.25) is 13.9 Å². The molecule has 1 N–H and O–H groups in total. The van der Waals surface area contributed by atoms with E-state index in [1.165, 1.54) is 23.1 Å². The zero-order valence-electron chi connectivity index (χ0n) is 22.8. The lowest BCUT2D eigenvalue weighted by Crippen LogP contribution is -2.52. The van der Waals surface area contributed by atoms with Crippen molar-refractivity contribution in [2.45, 2.75) is 45.1 Å². The van der Waals surface area contributed by atoms with Gasteiger partial charge in [0.1, 0.15) is 12.6 Å². The number of benzene rings is 3. The summed E-state index contributed by atoms with van der Waals surface area (Å²) in [6.07, 6.45) is 0.510. The van der Waals surface area contributed by atoms with Gasteiger partial charge in [0.2, 0.25) is 11.8 Å². The van der Waals surface area contributed by atoms with Gasteiger partial charge >= 0.3 is 0 Å². The normalized spacial score (nSPS) is 12.2. The summed E-state index contributed by atoms with van der Waals surface area (Å²) in [6.45, 7) is 7.73. The third-order valence-corrected chi connectivity index (χ3v) is 8.34. The van der Waals surface area contributed by atoms with E-state index in [9.17, 15) is 18.0 Å². The van der Waals surface area contributed by atoms with Gasteiger partial charge in [-0.25, -0.2) is 8.42 Å². The van der Waals surface area contributed by atoms with E-state index in [2.05, 4.69) is 5.32 Å². The van der Waals surface area contributed by atoms with E-state index in [0.717, 1.165) is 15.4 Å². The Balaban J connectivity index is 1.96. The Bertz CT molecular complexity index is 1360. The van der Waals surface area contributed by atoms with Crippen LogP contribution in [0, 0.1) is 12.8 Å². The summed E-state index contributed by atoms with van der Waals surface area (Å²) in [5.74, 6) is -0.540. The summed E-state index contributed by atoms with van der Waals surface area (Å²) < 4.78 is 28.7. The van der Waals surface area contributed by atoms with Crippen molar-refractivity contribution in [1.29, 1.82) is 0 Å². The van der Waals surface area contributed by atoms with E-state index in [0.29, 0.717) is 18.0 Å². The van der Waals surface area contributed by atoms with E-state index in [-0.39, 0.29) is 29.0 Å². The van der Waals surface area contributed by atoms with Gasteiger partial charge < -0.3 is 10.2 Å². The summed E-state index contributed by atoms with van der Waals surface area (Å²) in [4.78, 5) is 28.4. The molecule has 0 bridgehead atoms. The Kier molecular flexibility index (Phi) is 10.5. The van der Waals surface area contributed by atoms with Crippen molar-refractivity contribution in [2.75, 3.05) is 23.9 Å². The average Bonchev–Trinajstić information content (AvgIpc) is 2.91. The zero-order chi connectivity index (χ0) is 28.6. The number of nitrogens with zero attached hydrogens (tertiary/aromatic N) is 2. The third-order valence-electron chi connectivity index (χ3n) is 6.32. The fourth-order valence-electron chi connectivity index (χ4n) is 4.02. The molecule has 0 aliphatic rings. The van der Waals surface area contributed by atoms with Crippen LogP contribution in [0.25, 0.3) is 0 Å². The molecule has 0 heterocycles. The molecule has 3 rings (SSSR count). The first-order chi connectivity index (χ1) is 18.5. The van der Waals surface area contributed by atoms with Crippen LogP contribution in [-0.2, 0) is 26.0 Å². The Morgan fingerprint density at radius 1 is 0.923 bits per heavy atom. The second-order valence-corrected chi connectivity index (χ2v) is 12.2. The summed E-state index contributed by atoms with van der Waals surface area (Å²) in [5.41, 5.74) is 2.17. The number of anilines is 1. The van der Waals surface area contributed by atoms with Crippen LogP contribution in [0.4, 0.5) is 5.69 Å². The maximum absolute atomic E-state index is 13.9. The molecule has 0 fully saturated rings. The van der Waals surface area contributed by atoms with Gasteiger partial charge in [0, 0.05) is 18.1 Å². The topological polar surface area (TPSA) is 86.8 Å². The minimum Gasteiger partial charge on any atom is -0.354 e. The molecule has 3 aromatic rings. The highest BCUT2D eigenvalue weighted by Gasteiger charge is 2.32. The van der Waals surface area contributed by atoms with Crippen molar-refractivity contribution >= 4 is 39.1 Å². The second-order valence-electron chi connectivity index (χ2n) is 9.94. The first-order valence-corrected chi connectivity index (χ1v) is 14.8. The number of aryl methyl sites for hydroxylation is 1. The first kappa shape index (κ1) is 30.2. The fraction of sp³-hybridized carbons (Fsp3) is 0.333. The molecule has 1 atom stereocenters. The van der Waals surface area contributed by atoms with E-state index < -0.39 is 28.5 Å². The molecule has 39 heavy (non-hydrogen) atoms. The van der Waals surface area contributed by atoms with Gasteiger partial charge in [0.25, 0.3) is 10.0 Å². The number of hydrogen-bond donors (Lipinski definition) is 1. The van der Waals surface area contributed by atoms with Crippen molar-refractivity contribution < 1.29 is 18.0 Å². The van der Waals surface area contributed by atoms with Crippen LogP contribution in [0.1, 0.15) is 31.9 Å². The Morgan fingerprint density at radius 2 is 1.59 bits per heavy atom. The molecule has 0 aliphatic heterocycles. The molecule has 208 valence electrons. The van der Waals surface area contributed by atoms with Crippen molar-refractivity contribution in [2.24, 2.45) is 5.92 Å². The minimum absolute atomic E-state index is 0.0550. The largest absolute Gasteiger partial charge is 0.354 e. The maximum atomic E-state index is 13.9. The molecule has 0 saturated heterocycles. The average molecular weight is 570 g/mol.